The Labute approximate surface area is 134 Å². The highest BCUT2D eigenvalue weighted by Crippen LogP contribution is 2.61. The Balaban J connectivity index is 2.20. The average molecular weight is 350 g/mol. The molecule has 132 valence electrons. The zero-order valence-corrected chi connectivity index (χ0v) is 13.1. The quantitative estimate of drug-likeness (QED) is 0.459. The molecule has 0 aromatic heterocycles. The summed E-state index contributed by atoms with van der Waals surface area (Å²) in [6.45, 7) is 4.54. The van der Waals surface area contributed by atoms with E-state index in [0.717, 1.165) is 0 Å². The molecule has 2 rings (SSSR count). The number of esters is 1. The largest absolute Gasteiger partial charge is 0.431 e. The van der Waals surface area contributed by atoms with Gasteiger partial charge in [0.25, 0.3) is 0 Å². The molecule has 0 N–H and O–H groups in total. The number of benzene rings is 1. The second-order valence-electron chi connectivity index (χ2n) is 6.47. The first-order valence-corrected chi connectivity index (χ1v) is 7.13. The summed E-state index contributed by atoms with van der Waals surface area (Å²) < 4.78 is 71.4. The predicted molar refractivity (Wildman–Crippen MR) is 72.4 cm³/mol. The first-order chi connectivity index (χ1) is 10.9. The van der Waals surface area contributed by atoms with Crippen LogP contribution in [0.4, 0.5) is 22.0 Å². The van der Waals surface area contributed by atoms with Crippen molar-refractivity contribution < 1.29 is 36.3 Å². The van der Waals surface area contributed by atoms with E-state index in [1.54, 1.807) is 13.8 Å². The van der Waals surface area contributed by atoms with E-state index in [0.29, 0.717) is 12.1 Å². The maximum Gasteiger partial charge on any atom is 0.431 e. The van der Waals surface area contributed by atoms with Gasteiger partial charge in [-0.2, -0.15) is 8.78 Å². The van der Waals surface area contributed by atoms with Crippen LogP contribution in [-0.2, 0) is 20.4 Å². The SMILES string of the molecule is CC(=O)C[C@H]1[C@@H](C(=O)OC(F)(F)c2ccc(F)c(F)c2F)C1(C)C. The van der Waals surface area contributed by atoms with Gasteiger partial charge in [-0.25, -0.2) is 13.2 Å². The minimum Gasteiger partial charge on any atom is -0.397 e. The molecule has 2 atom stereocenters. The molecule has 1 aromatic carbocycles. The molecule has 0 amide bonds. The number of carbonyl (C=O) groups excluding carboxylic acids is 2. The maximum absolute atomic E-state index is 14.0. The highest BCUT2D eigenvalue weighted by Gasteiger charge is 2.63. The molecule has 1 fully saturated rings. The van der Waals surface area contributed by atoms with Crippen LogP contribution >= 0.6 is 0 Å². The summed E-state index contributed by atoms with van der Waals surface area (Å²) in [6.07, 6.45) is -4.44. The smallest absolute Gasteiger partial charge is 0.397 e. The molecule has 1 aliphatic rings. The number of Topliss-reactive ketones (excluding diaryl/α,β-unsaturated/α-hetero) is 1. The number of hydrogen-bond donors (Lipinski definition) is 0. The van der Waals surface area contributed by atoms with Crippen molar-refractivity contribution in [3.8, 4) is 0 Å². The van der Waals surface area contributed by atoms with Gasteiger partial charge in [0.1, 0.15) is 11.3 Å². The van der Waals surface area contributed by atoms with Crippen LogP contribution in [-0.4, -0.2) is 11.8 Å². The van der Waals surface area contributed by atoms with Gasteiger partial charge in [-0.1, -0.05) is 13.8 Å². The Morgan fingerprint density at radius 2 is 1.75 bits per heavy atom. The Morgan fingerprint density at radius 3 is 2.29 bits per heavy atom. The van der Waals surface area contributed by atoms with Gasteiger partial charge in [0.2, 0.25) is 0 Å². The van der Waals surface area contributed by atoms with Crippen LogP contribution in [0.2, 0.25) is 0 Å². The van der Waals surface area contributed by atoms with Gasteiger partial charge < -0.3 is 9.53 Å². The van der Waals surface area contributed by atoms with Crippen LogP contribution in [0.15, 0.2) is 12.1 Å². The van der Waals surface area contributed by atoms with Crippen LogP contribution in [0.1, 0.15) is 32.8 Å². The Hall–Kier alpha value is -1.99. The molecule has 0 unspecified atom stereocenters. The van der Waals surface area contributed by atoms with Crippen LogP contribution in [0.5, 0.6) is 0 Å². The van der Waals surface area contributed by atoms with Gasteiger partial charge in [-0.15, -0.1) is 0 Å². The standard InChI is InChI=1S/C16H15F5O3/c1-7(22)6-9-11(15(9,2)3)14(23)24-16(20,21)8-4-5-10(17)13(19)12(8)18/h4-5,9,11H,6H2,1-3H3/t9-,11-/m0/s1. The maximum atomic E-state index is 14.0. The summed E-state index contributed by atoms with van der Waals surface area (Å²) in [5.41, 5.74) is -2.29. The fourth-order valence-electron chi connectivity index (χ4n) is 2.90. The van der Waals surface area contributed by atoms with Gasteiger partial charge in [-0.3, -0.25) is 4.79 Å². The molecule has 0 heterocycles. The van der Waals surface area contributed by atoms with Crippen LogP contribution in [0.3, 0.4) is 0 Å². The summed E-state index contributed by atoms with van der Waals surface area (Å²) in [5, 5.41) is 0. The van der Waals surface area contributed by atoms with Crippen LogP contribution < -0.4 is 0 Å². The van der Waals surface area contributed by atoms with Gasteiger partial charge >= 0.3 is 12.1 Å². The highest BCUT2D eigenvalue weighted by atomic mass is 19.3. The van der Waals surface area contributed by atoms with Crippen molar-refractivity contribution in [1.29, 1.82) is 0 Å². The van der Waals surface area contributed by atoms with Crippen molar-refractivity contribution in [3.63, 3.8) is 0 Å². The predicted octanol–water partition coefficient (Wildman–Crippen LogP) is 3.95. The molecule has 0 bridgehead atoms. The summed E-state index contributed by atoms with van der Waals surface area (Å²) in [6, 6.07) is 0.626. The van der Waals surface area contributed by atoms with E-state index in [-0.39, 0.29) is 12.2 Å². The van der Waals surface area contributed by atoms with Crippen molar-refractivity contribution in [3.05, 3.63) is 35.1 Å². The number of hydrogen-bond acceptors (Lipinski definition) is 3. The molecule has 24 heavy (non-hydrogen) atoms. The minimum absolute atomic E-state index is 0.0257. The molecule has 1 aromatic rings. The molecule has 8 heteroatoms. The summed E-state index contributed by atoms with van der Waals surface area (Å²) in [4.78, 5) is 23.1. The fraction of sp³-hybridized carbons (Fsp3) is 0.500. The molecule has 0 aliphatic heterocycles. The second kappa shape index (κ2) is 5.82. The van der Waals surface area contributed by atoms with Crippen molar-refractivity contribution in [2.45, 2.75) is 33.3 Å². The van der Waals surface area contributed by atoms with E-state index >= 15 is 0 Å². The highest BCUT2D eigenvalue weighted by molar-refractivity contribution is 5.82. The molecule has 0 saturated heterocycles. The first-order valence-electron chi connectivity index (χ1n) is 7.13. The average Bonchev–Trinajstić information content (AvgIpc) is 2.95. The van der Waals surface area contributed by atoms with E-state index in [4.69, 9.17) is 0 Å². The van der Waals surface area contributed by atoms with Crippen LogP contribution in [0.25, 0.3) is 0 Å². The normalized spacial score (nSPS) is 22.2. The molecular formula is C16H15F5O3. The van der Waals surface area contributed by atoms with E-state index in [2.05, 4.69) is 4.74 Å². The topological polar surface area (TPSA) is 43.4 Å². The van der Waals surface area contributed by atoms with Crippen molar-refractivity contribution in [2.75, 3.05) is 0 Å². The number of rotatable bonds is 5. The number of halogens is 5. The lowest BCUT2D eigenvalue weighted by Crippen LogP contribution is -2.26. The summed E-state index contributed by atoms with van der Waals surface area (Å²) >= 11 is 0. The van der Waals surface area contributed by atoms with E-state index in [1.807, 2.05) is 0 Å². The van der Waals surface area contributed by atoms with Crippen molar-refractivity contribution in [2.24, 2.45) is 17.3 Å². The fourth-order valence-corrected chi connectivity index (χ4v) is 2.90. The van der Waals surface area contributed by atoms with Gasteiger partial charge in [0, 0.05) is 6.42 Å². The zero-order valence-electron chi connectivity index (χ0n) is 13.1. The number of carbonyl (C=O) groups is 2. The Kier molecular flexibility index (Phi) is 4.45. The van der Waals surface area contributed by atoms with Crippen molar-refractivity contribution >= 4 is 11.8 Å². The third-order valence-corrected chi connectivity index (χ3v) is 4.39. The summed E-state index contributed by atoms with van der Waals surface area (Å²) in [5.74, 6) is -8.79. The lowest BCUT2D eigenvalue weighted by Gasteiger charge is -2.18. The van der Waals surface area contributed by atoms with E-state index in [9.17, 15) is 31.5 Å². The van der Waals surface area contributed by atoms with E-state index < -0.39 is 52.3 Å². The minimum atomic E-state index is -4.46. The van der Waals surface area contributed by atoms with Crippen LogP contribution in [0, 0.1) is 34.7 Å². The van der Waals surface area contributed by atoms with Crippen molar-refractivity contribution in [1.82, 2.24) is 0 Å². The number of ether oxygens (including phenoxy) is 1. The first kappa shape index (κ1) is 18.4. The summed E-state index contributed by atoms with van der Waals surface area (Å²) in [7, 11) is 0. The second-order valence-corrected chi connectivity index (χ2v) is 6.47. The van der Waals surface area contributed by atoms with E-state index in [1.165, 1.54) is 6.92 Å². The number of alkyl halides is 2. The van der Waals surface area contributed by atoms with Gasteiger partial charge in [0.05, 0.1) is 5.92 Å². The molecular weight excluding hydrogens is 335 g/mol. The third-order valence-electron chi connectivity index (χ3n) is 4.39. The number of ketones is 1. The zero-order chi connectivity index (χ0) is 18.4. The molecule has 0 spiro atoms. The third kappa shape index (κ3) is 3.14. The molecule has 0 radical (unpaired) electrons. The molecule has 3 nitrogen and oxygen atoms in total. The molecule has 1 aliphatic carbocycles. The Bertz CT molecular complexity index is 699. The lowest BCUT2D eigenvalue weighted by molar-refractivity contribution is -0.243. The Morgan fingerprint density at radius 1 is 1.17 bits per heavy atom. The molecule has 1 saturated carbocycles. The lowest BCUT2D eigenvalue weighted by atomic mass is 10.1. The van der Waals surface area contributed by atoms with Gasteiger partial charge in [-0.05, 0) is 30.4 Å². The monoisotopic (exact) mass is 350 g/mol. The van der Waals surface area contributed by atoms with Gasteiger partial charge in [0.15, 0.2) is 17.5 Å².